The third kappa shape index (κ3) is 13.7. The third-order valence-corrected chi connectivity index (χ3v) is 7.56. The number of ketones is 2. The minimum atomic E-state index is -2.25. The van der Waals surface area contributed by atoms with Crippen molar-refractivity contribution in [2.75, 3.05) is 26.4 Å². The molecule has 0 amide bonds. The highest BCUT2D eigenvalue weighted by molar-refractivity contribution is 7.25. The van der Waals surface area contributed by atoms with E-state index >= 15 is 0 Å². The molecule has 4 atom stereocenters. The van der Waals surface area contributed by atoms with Gasteiger partial charge in [-0.1, -0.05) is 93.2 Å². The zero-order valence-corrected chi connectivity index (χ0v) is 28.6. The van der Waals surface area contributed by atoms with Crippen LogP contribution < -0.4 is 0 Å². The summed E-state index contributed by atoms with van der Waals surface area (Å²) < 4.78 is 52.5. The zero-order valence-electron chi connectivity index (χ0n) is 27.7. The molecule has 0 fully saturated rings. The Morgan fingerprint density at radius 3 is 1.47 bits per heavy atom. The molecule has 0 aromatic rings. The van der Waals surface area contributed by atoms with Gasteiger partial charge in [0.05, 0.1) is 13.2 Å². The van der Waals surface area contributed by atoms with Crippen LogP contribution in [0.5, 0.6) is 0 Å². The third-order valence-electron chi connectivity index (χ3n) is 6.77. The molecule has 0 spiro atoms. The van der Waals surface area contributed by atoms with E-state index in [-0.39, 0.29) is 32.2 Å². The van der Waals surface area contributed by atoms with Crippen molar-refractivity contribution in [1.29, 1.82) is 0 Å². The predicted octanol–water partition coefficient (Wildman–Crippen LogP) is 8.10. The zero-order chi connectivity index (χ0) is 32.6. The second-order valence-electron chi connectivity index (χ2n) is 10.5. The molecule has 0 rings (SSSR count). The van der Waals surface area contributed by atoms with Crippen molar-refractivity contribution in [2.45, 2.75) is 148 Å². The van der Waals surface area contributed by atoms with Crippen LogP contribution in [0.25, 0.3) is 0 Å². The van der Waals surface area contributed by atoms with Gasteiger partial charge in [-0.2, -0.15) is 0 Å². The second-order valence-corrected chi connectivity index (χ2v) is 11.3. The Hall–Kier alpha value is -1.32. The van der Waals surface area contributed by atoms with Crippen LogP contribution in [0.1, 0.15) is 119 Å². The molecule has 0 saturated carbocycles. The average Bonchev–Trinajstić information content (AvgIpc) is 3.01. The molecule has 0 heterocycles. The minimum absolute atomic E-state index is 0.111. The van der Waals surface area contributed by atoms with Gasteiger partial charge in [0.2, 0.25) is 14.8 Å². The summed E-state index contributed by atoms with van der Waals surface area (Å²) in [6.07, 6.45) is 6.58. The number of carbonyl (C=O) groups is 2. The lowest BCUT2D eigenvalue weighted by molar-refractivity contribution is -0.445. The lowest BCUT2D eigenvalue weighted by Gasteiger charge is -2.49. The van der Waals surface area contributed by atoms with Crippen molar-refractivity contribution in [3.8, 4) is 0 Å². The van der Waals surface area contributed by atoms with Crippen molar-refractivity contribution in [2.24, 2.45) is 0 Å². The van der Waals surface area contributed by atoms with E-state index in [2.05, 4.69) is 13.2 Å². The number of hydrogen-bond donors (Lipinski definition) is 0. The Balaban J connectivity index is 7.71. The molecule has 4 unspecified atom stereocenters. The lowest BCUT2D eigenvalue weighted by atomic mass is 10.1. The molecule has 0 radical (unpaired) electrons. The first kappa shape index (κ1) is 41.7. The fourth-order valence-electron chi connectivity index (χ4n) is 4.17. The van der Waals surface area contributed by atoms with E-state index in [1.54, 1.807) is 0 Å². The van der Waals surface area contributed by atoms with E-state index in [0.29, 0.717) is 51.4 Å². The van der Waals surface area contributed by atoms with Gasteiger partial charge in [0, 0.05) is 13.2 Å². The first-order valence-corrected chi connectivity index (χ1v) is 17.1. The molecule has 0 N–H and O–H groups in total. The summed E-state index contributed by atoms with van der Waals surface area (Å²) in [5.41, 5.74) is -2.25. The predicted molar refractivity (Wildman–Crippen MR) is 170 cm³/mol. The van der Waals surface area contributed by atoms with Crippen LogP contribution >= 0.6 is 8.46 Å². The SMILES string of the molecule is C=CC(=O)C(CCC)OC(OCCCC)(P=O)C(OCCCC)(OC(CCC)C(=O)C=C)C(OCCCC)OCCCC. The Bertz CT molecular complexity index is 782. The molecule has 0 aromatic carbocycles. The number of hydrogen-bond acceptors (Lipinski definition) is 9. The largest absolute Gasteiger partial charge is 0.348 e. The Morgan fingerprint density at radius 1 is 0.651 bits per heavy atom. The summed E-state index contributed by atoms with van der Waals surface area (Å²) in [7, 11) is -0.685. The van der Waals surface area contributed by atoms with Crippen LogP contribution in [0.4, 0.5) is 0 Å². The first-order chi connectivity index (χ1) is 20.8. The number of unbranched alkanes of at least 4 members (excludes halogenated alkanes) is 4. The maximum absolute atomic E-state index is 13.6. The molecular formula is C33H59O9P. The summed E-state index contributed by atoms with van der Waals surface area (Å²) >= 11 is 0. The van der Waals surface area contributed by atoms with E-state index in [4.69, 9.17) is 28.4 Å². The van der Waals surface area contributed by atoms with E-state index < -0.39 is 44.1 Å². The fourth-order valence-corrected chi connectivity index (χ4v) is 4.83. The van der Waals surface area contributed by atoms with E-state index in [1.165, 1.54) is 12.2 Å². The van der Waals surface area contributed by atoms with Crippen LogP contribution in [0.2, 0.25) is 0 Å². The van der Waals surface area contributed by atoms with Crippen molar-refractivity contribution in [1.82, 2.24) is 0 Å². The minimum Gasteiger partial charge on any atom is -0.348 e. The maximum Gasteiger partial charge on any atom is 0.313 e. The highest BCUT2D eigenvalue weighted by Gasteiger charge is 2.67. The molecule has 250 valence electrons. The van der Waals surface area contributed by atoms with Gasteiger partial charge in [0.15, 0.2) is 11.6 Å². The highest BCUT2D eigenvalue weighted by atomic mass is 31.1. The summed E-state index contributed by atoms with van der Waals surface area (Å²) in [5, 5.41) is 0. The van der Waals surface area contributed by atoms with Gasteiger partial charge in [-0.25, -0.2) is 0 Å². The summed E-state index contributed by atoms with van der Waals surface area (Å²) in [4.78, 5) is 26.3. The molecule has 0 aromatic heterocycles. The van der Waals surface area contributed by atoms with E-state index in [9.17, 15) is 14.2 Å². The van der Waals surface area contributed by atoms with Gasteiger partial charge in [-0.05, 0) is 50.7 Å². The molecule has 9 nitrogen and oxygen atoms in total. The van der Waals surface area contributed by atoms with Gasteiger partial charge in [0.1, 0.15) is 12.2 Å². The van der Waals surface area contributed by atoms with Crippen LogP contribution in [-0.2, 0) is 42.6 Å². The van der Waals surface area contributed by atoms with Crippen molar-refractivity contribution < 1.29 is 42.6 Å². The number of carbonyl (C=O) groups excluding carboxylic acids is 2. The molecule has 0 aliphatic heterocycles. The van der Waals surface area contributed by atoms with E-state index in [0.717, 1.165) is 25.7 Å². The van der Waals surface area contributed by atoms with Crippen LogP contribution in [0.3, 0.4) is 0 Å². The summed E-state index contributed by atoms with van der Waals surface area (Å²) in [5.74, 6) is -2.96. The van der Waals surface area contributed by atoms with Gasteiger partial charge in [-0.3, -0.25) is 14.2 Å². The maximum atomic E-state index is 13.6. The van der Waals surface area contributed by atoms with Crippen molar-refractivity contribution in [3.63, 3.8) is 0 Å². The normalized spacial score (nSPS) is 16.0. The Kier molecular flexibility index (Phi) is 24.2. The smallest absolute Gasteiger partial charge is 0.313 e. The second kappa shape index (κ2) is 24.9. The van der Waals surface area contributed by atoms with Crippen molar-refractivity contribution >= 4 is 20.0 Å². The monoisotopic (exact) mass is 630 g/mol. The van der Waals surface area contributed by atoms with Crippen molar-refractivity contribution in [3.05, 3.63) is 25.3 Å². The molecule has 0 aliphatic rings. The quantitative estimate of drug-likeness (QED) is 0.0325. The Labute approximate surface area is 262 Å². The molecule has 10 heteroatoms. The van der Waals surface area contributed by atoms with Gasteiger partial charge in [0.25, 0.3) is 5.79 Å². The Morgan fingerprint density at radius 2 is 1.07 bits per heavy atom. The molecule has 0 bridgehead atoms. The van der Waals surface area contributed by atoms with Crippen LogP contribution in [-0.4, -0.2) is 67.8 Å². The topological polar surface area (TPSA) is 107 Å². The average molecular weight is 631 g/mol. The van der Waals surface area contributed by atoms with Gasteiger partial charge in [-0.15, -0.1) is 0 Å². The van der Waals surface area contributed by atoms with Crippen LogP contribution in [0.15, 0.2) is 25.3 Å². The molecule has 43 heavy (non-hydrogen) atoms. The molecule has 0 aliphatic carbocycles. The molecular weight excluding hydrogens is 571 g/mol. The fraction of sp³-hybridized carbons (Fsp3) is 0.818. The summed E-state index contributed by atoms with van der Waals surface area (Å²) in [6, 6.07) is 0. The van der Waals surface area contributed by atoms with Crippen LogP contribution in [0, 0.1) is 0 Å². The lowest BCUT2D eigenvalue weighted by Crippen LogP contribution is -2.68. The number of rotatable bonds is 31. The highest BCUT2D eigenvalue weighted by Crippen LogP contribution is 2.48. The standard InChI is InChI=1S/C33H59O9P/c1-9-17-23-37-31(38-24-18-10-2)32(39-25-19-11-3,41-29(21-13-5)27(34)15-7)33(43-36,40-26-20-12-4)42-30(22-14-6)28(35)16-8/h15-16,29-31H,7-14,17-26H2,1-6H3. The van der Waals surface area contributed by atoms with Gasteiger partial charge < -0.3 is 28.4 Å². The summed E-state index contributed by atoms with van der Waals surface area (Å²) in [6.45, 7) is 20.0. The molecule has 0 saturated heterocycles. The first-order valence-electron chi connectivity index (χ1n) is 16.3. The van der Waals surface area contributed by atoms with E-state index in [1.807, 2.05) is 41.5 Å². The number of ether oxygens (including phenoxy) is 6. The van der Waals surface area contributed by atoms with Gasteiger partial charge >= 0.3 is 5.53 Å².